The molecule has 1 aromatic heterocycles. The average Bonchev–Trinajstić information content (AvgIpc) is 2.67. The van der Waals surface area contributed by atoms with Gasteiger partial charge < -0.3 is 10.6 Å². The molecule has 0 saturated heterocycles. The minimum atomic E-state index is 0.0698. The number of nitrogens with zero attached hydrogens (tertiary/aromatic N) is 3. The highest BCUT2D eigenvalue weighted by Gasteiger charge is 2.29. The summed E-state index contributed by atoms with van der Waals surface area (Å²) >= 11 is 0. The average molecular weight is 250 g/mol. The van der Waals surface area contributed by atoms with E-state index < -0.39 is 0 Å². The van der Waals surface area contributed by atoms with Crippen molar-refractivity contribution >= 4 is 5.91 Å². The van der Waals surface area contributed by atoms with Gasteiger partial charge in [-0.1, -0.05) is 6.92 Å². The first-order valence-electron chi connectivity index (χ1n) is 6.54. The molecular formula is C13H22N4O. The molecule has 1 amide bonds. The van der Waals surface area contributed by atoms with Crippen LogP contribution in [-0.4, -0.2) is 40.2 Å². The zero-order valence-electron chi connectivity index (χ0n) is 11.4. The molecule has 0 spiro atoms. The van der Waals surface area contributed by atoms with Crippen molar-refractivity contribution in [3.63, 3.8) is 0 Å². The highest BCUT2D eigenvalue weighted by Crippen LogP contribution is 2.26. The van der Waals surface area contributed by atoms with Gasteiger partial charge in [-0.25, -0.2) is 0 Å². The molecule has 1 aliphatic rings. The van der Waals surface area contributed by atoms with E-state index in [-0.39, 0.29) is 5.91 Å². The lowest BCUT2D eigenvalue weighted by molar-refractivity contribution is 0.0733. The molecule has 1 aliphatic carbocycles. The van der Waals surface area contributed by atoms with Crippen LogP contribution in [-0.2, 0) is 13.5 Å². The van der Waals surface area contributed by atoms with Gasteiger partial charge >= 0.3 is 0 Å². The monoisotopic (exact) mass is 250 g/mol. The Balaban J connectivity index is 2.01. The van der Waals surface area contributed by atoms with Crippen LogP contribution in [0.2, 0.25) is 0 Å². The highest BCUT2D eigenvalue weighted by atomic mass is 16.2. The van der Waals surface area contributed by atoms with E-state index in [0.717, 1.165) is 37.1 Å². The fourth-order valence-electron chi connectivity index (χ4n) is 2.59. The summed E-state index contributed by atoms with van der Waals surface area (Å²) in [6, 6.07) is 0.336. The summed E-state index contributed by atoms with van der Waals surface area (Å²) < 4.78 is 1.71. The standard InChI is InChI=1S/C13H22N4O/c1-4-12-11(8-17(3)15-12)13(18)16(2)7-9-5-10(14)6-9/h8-10H,4-7,14H2,1-3H3. The van der Waals surface area contributed by atoms with E-state index in [4.69, 9.17) is 5.73 Å². The van der Waals surface area contributed by atoms with Crippen molar-refractivity contribution < 1.29 is 4.79 Å². The van der Waals surface area contributed by atoms with E-state index >= 15 is 0 Å². The Morgan fingerprint density at radius 3 is 2.83 bits per heavy atom. The first kappa shape index (κ1) is 13.1. The fraction of sp³-hybridized carbons (Fsp3) is 0.692. The number of aryl methyl sites for hydroxylation is 2. The van der Waals surface area contributed by atoms with Gasteiger partial charge in [-0.15, -0.1) is 0 Å². The van der Waals surface area contributed by atoms with Crippen molar-refractivity contribution in [3.05, 3.63) is 17.5 Å². The third-order valence-corrected chi connectivity index (χ3v) is 3.62. The Labute approximate surface area is 108 Å². The molecule has 0 unspecified atom stereocenters. The largest absolute Gasteiger partial charge is 0.341 e. The number of amides is 1. The maximum absolute atomic E-state index is 12.3. The second-order valence-corrected chi connectivity index (χ2v) is 5.30. The predicted molar refractivity (Wildman–Crippen MR) is 70.2 cm³/mol. The topological polar surface area (TPSA) is 64.2 Å². The molecule has 1 aromatic rings. The smallest absolute Gasteiger partial charge is 0.257 e. The van der Waals surface area contributed by atoms with E-state index in [1.165, 1.54) is 0 Å². The van der Waals surface area contributed by atoms with E-state index in [9.17, 15) is 4.79 Å². The molecule has 0 radical (unpaired) electrons. The summed E-state index contributed by atoms with van der Waals surface area (Å²) in [6.07, 6.45) is 4.66. The van der Waals surface area contributed by atoms with Gasteiger partial charge in [-0.2, -0.15) is 5.10 Å². The Hall–Kier alpha value is -1.36. The molecule has 0 bridgehead atoms. The summed E-state index contributed by atoms with van der Waals surface area (Å²) in [5.41, 5.74) is 7.37. The minimum absolute atomic E-state index is 0.0698. The maximum Gasteiger partial charge on any atom is 0.257 e. The molecule has 5 nitrogen and oxygen atoms in total. The van der Waals surface area contributed by atoms with Crippen LogP contribution in [0.1, 0.15) is 35.8 Å². The van der Waals surface area contributed by atoms with Crippen molar-refractivity contribution in [2.75, 3.05) is 13.6 Å². The van der Waals surface area contributed by atoms with Crippen LogP contribution >= 0.6 is 0 Å². The van der Waals surface area contributed by atoms with E-state index in [1.807, 2.05) is 27.2 Å². The SMILES string of the molecule is CCc1nn(C)cc1C(=O)N(C)CC1CC(N)C1. The molecule has 5 heteroatoms. The van der Waals surface area contributed by atoms with Crippen LogP contribution in [0, 0.1) is 5.92 Å². The molecule has 0 aliphatic heterocycles. The lowest BCUT2D eigenvalue weighted by Crippen LogP contribution is -2.43. The molecule has 1 fully saturated rings. The van der Waals surface area contributed by atoms with Gasteiger partial charge in [0, 0.05) is 32.9 Å². The molecule has 18 heavy (non-hydrogen) atoms. The predicted octanol–water partition coefficient (Wildman–Crippen LogP) is 0.792. The fourth-order valence-corrected chi connectivity index (χ4v) is 2.59. The normalized spacial score (nSPS) is 22.7. The van der Waals surface area contributed by atoms with E-state index in [2.05, 4.69) is 5.10 Å². The maximum atomic E-state index is 12.3. The van der Waals surface area contributed by atoms with Crippen LogP contribution in [0.4, 0.5) is 0 Å². The van der Waals surface area contributed by atoms with Crippen LogP contribution in [0.3, 0.4) is 0 Å². The molecule has 0 aromatic carbocycles. The first-order valence-corrected chi connectivity index (χ1v) is 6.54. The number of hydrogen-bond acceptors (Lipinski definition) is 3. The van der Waals surface area contributed by atoms with Crippen LogP contribution in [0.25, 0.3) is 0 Å². The second-order valence-electron chi connectivity index (χ2n) is 5.30. The zero-order valence-corrected chi connectivity index (χ0v) is 11.4. The van der Waals surface area contributed by atoms with Gasteiger partial charge in [-0.05, 0) is 25.2 Å². The summed E-state index contributed by atoms with van der Waals surface area (Å²) in [7, 11) is 3.71. The zero-order chi connectivity index (χ0) is 13.3. The Morgan fingerprint density at radius 1 is 1.61 bits per heavy atom. The number of aromatic nitrogens is 2. The Kier molecular flexibility index (Phi) is 3.71. The third kappa shape index (κ3) is 2.56. The molecule has 1 saturated carbocycles. The highest BCUT2D eigenvalue weighted by molar-refractivity contribution is 5.95. The lowest BCUT2D eigenvalue weighted by Gasteiger charge is -2.35. The number of carbonyl (C=O) groups is 1. The quantitative estimate of drug-likeness (QED) is 0.859. The van der Waals surface area contributed by atoms with E-state index in [1.54, 1.807) is 9.58 Å². The number of rotatable bonds is 4. The van der Waals surface area contributed by atoms with Gasteiger partial charge in [0.2, 0.25) is 0 Å². The molecular weight excluding hydrogens is 228 g/mol. The summed E-state index contributed by atoms with van der Waals surface area (Å²) in [4.78, 5) is 14.1. The van der Waals surface area contributed by atoms with Crippen molar-refractivity contribution in [1.29, 1.82) is 0 Å². The Bertz CT molecular complexity index is 434. The van der Waals surface area contributed by atoms with Crippen molar-refractivity contribution in [3.8, 4) is 0 Å². The van der Waals surface area contributed by atoms with Gasteiger partial charge in [0.25, 0.3) is 5.91 Å². The first-order chi connectivity index (χ1) is 8.51. The third-order valence-electron chi connectivity index (χ3n) is 3.62. The van der Waals surface area contributed by atoms with Crippen LogP contribution < -0.4 is 5.73 Å². The summed E-state index contributed by atoms with van der Waals surface area (Å²) in [6.45, 7) is 2.81. The summed E-state index contributed by atoms with van der Waals surface area (Å²) in [5, 5.41) is 4.31. The van der Waals surface area contributed by atoms with Crippen molar-refractivity contribution in [2.45, 2.75) is 32.2 Å². The van der Waals surface area contributed by atoms with Crippen LogP contribution in [0.15, 0.2) is 6.20 Å². The molecule has 100 valence electrons. The molecule has 0 atom stereocenters. The Morgan fingerprint density at radius 2 is 2.28 bits per heavy atom. The number of carbonyl (C=O) groups excluding carboxylic acids is 1. The van der Waals surface area contributed by atoms with Gasteiger partial charge in [0.15, 0.2) is 0 Å². The molecule has 2 rings (SSSR count). The number of hydrogen-bond donors (Lipinski definition) is 1. The minimum Gasteiger partial charge on any atom is -0.341 e. The second kappa shape index (κ2) is 5.10. The number of nitrogens with two attached hydrogens (primary N) is 1. The van der Waals surface area contributed by atoms with Crippen molar-refractivity contribution in [2.24, 2.45) is 18.7 Å². The van der Waals surface area contributed by atoms with E-state index in [0.29, 0.717) is 12.0 Å². The van der Waals surface area contributed by atoms with Gasteiger partial charge in [0.05, 0.1) is 11.3 Å². The molecule has 1 heterocycles. The van der Waals surface area contributed by atoms with Gasteiger partial charge in [0.1, 0.15) is 0 Å². The van der Waals surface area contributed by atoms with Crippen molar-refractivity contribution in [1.82, 2.24) is 14.7 Å². The molecule has 2 N–H and O–H groups in total. The van der Waals surface area contributed by atoms with Crippen LogP contribution in [0.5, 0.6) is 0 Å². The van der Waals surface area contributed by atoms with Gasteiger partial charge in [-0.3, -0.25) is 9.48 Å². The lowest BCUT2D eigenvalue weighted by atomic mass is 9.80. The summed E-state index contributed by atoms with van der Waals surface area (Å²) in [5.74, 6) is 0.635.